The first-order valence-electron chi connectivity index (χ1n) is 9.66. The van der Waals surface area contributed by atoms with E-state index in [0.29, 0.717) is 9.79 Å². The number of para-hydroxylation sites is 1. The first-order chi connectivity index (χ1) is 13.5. The minimum absolute atomic E-state index is 0.292. The Labute approximate surface area is 166 Å². The van der Waals surface area contributed by atoms with Crippen LogP contribution in [0.4, 0.5) is 5.69 Å². The summed E-state index contributed by atoms with van der Waals surface area (Å²) >= 11 is 0. The van der Waals surface area contributed by atoms with Gasteiger partial charge in [-0.3, -0.25) is 4.98 Å². The van der Waals surface area contributed by atoms with Crippen LogP contribution < -0.4 is 4.90 Å². The van der Waals surface area contributed by atoms with Gasteiger partial charge in [0, 0.05) is 37.8 Å². The Hall–Kier alpha value is -2.44. The van der Waals surface area contributed by atoms with Crippen LogP contribution >= 0.6 is 0 Å². The van der Waals surface area contributed by atoms with Crippen LogP contribution in [0, 0.1) is 0 Å². The fourth-order valence-corrected chi connectivity index (χ4v) is 5.13. The normalized spacial score (nSPS) is 15.9. The maximum Gasteiger partial charge on any atom is 0.210 e. The molecule has 0 saturated carbocycles. The second-order valence-electron chi connectivity index (χ2n) is 7.28. The Balaban J connectivity index is 1.89. The standard InChI is InChI=1S/C22H25N3O2S/c1-3-17-8-10-18(11-9-17)28(26,27)21-16-23-20-7-5-4-6-19(20)22(21)25-14-12-24(2)13-15-25/h4-11,16H,3,12-15H2,1-2H3. The molecular formula is C22H25N3O2S. The molecule has 5 nitrogen and oxygen atoms in total. The van der Waals surface area contributed by atoms with Crippen molar-refractivity contribution in [2.45, 2.75) is 23.1 Å². The van der Waals surface area contributed by atoms with E-state index in [2.05, 4.69) is 28.8 Å². The van der Waals surface area contributed by atoms with Gasteiger partial charge >= 0.3 is 0 Å². The number of nitrogens with zero attached hydrogens (tertiary/aromatic N) is 3. The Kier molecular flexibility index (Phi) is 5.08. The molecule has 146 valence electrons. The van der Waals surface area contributed by atoms with E-state index in [0.717, 1.165) is 54.8 Å². The lowest BCUT2D eigenvalue weighted by atomic mass is 10.1. The van der Waals surface area contributed by atoms with Gasteiger partial charge in [0.1, 0.15) is 4.90 Å². The van der Waals surface area contributed by atoms with Crippen LogP contribution in [-0.4, -0.2) is 51.5 Å². The van der Waals surface area contributed by atoms with Crippen molar-refractivity contribution >= 4 is 26.4 Å². The van der Waals surface area contributed by atoms with Gasteiger partial charge in [0.15, 0.2) is 0 Å². The minimum Gasteiger partial charge on any atom is -0.367 e. The third kappa shape index (κ3) is 3.38. The highest BCUT2D eigenvalue weighted by Crippen LogP contribution is 2.36. The van der Waals surface area contributed by atoms with Gasteiger partial charge in [-0.25, -0.2) is 8.42 Å². The number of aromatic nitrogens is 1. The van der Waals surface area contributed by atoms with Crippen LogP contribution in [0.15, 0.2) is 64.5 Å². The lowest BCUT2D eigenvalue weighted by Gasteiger charge is -2.35. The number of piperazine rings is 1. The quantitative estimate of drug-likeness (QED) is 0.678. The number of rotatable bonds is 4. The highest BCUT2D eigenvalue weighted by molar-refractivity contribution is 7.91. The van der Waals surface area contributed by atoms with Gasteiger partial charge in [0.05, 0.1) is 16.1 Å². The topological polar surface area (TPSA) is 53.5 Å². The van der Waals surface area contributed by atoms with E-state index in [1.165, 1.54) is 6.20 Å². The van der Waals surface area contributed by atoms with Gasteiger partial charge in [-0.2, -0.15) is 0 Å². The summed E-state index contributed by atoms with van der Waals surface area (Å²) < 4.78 is 27.1. The van der Waals surface area contributed by atoms with E-state index in [1.807, 2.05) is 36.4 Å². The zero-order valence-electron chi connectivity index (χ0n) is 16.3. The zero-order chi connectivity index (χ0) is 19.7. The van der Waals surface area contributed by atoms with E-state index in [-0.39, 0.29) is 0 Å². The summed E-state index contributed by atoms with van der Waals surface area (Å²) in [6.07, 6.45) is 2.41. The lowest BCUT2D eigenvalue weighted by Crippen LogP contribution is -2.45. The van der Waals surface area contributed by atoms with E-state index in [4.69, 9.17) is 0 Å². The van der Waals surface area contributed by atoms with Gasteiger partial charge in [-0.15, -0.1) is 0 Å². The zero-order valence-corrected chi connectivity index (χ0v) is 17.1. The highest BCUT2D eigenvalue weighted by atomic mass is 32.2. The number of anilines is 1. The molecule has 6 heteroatoms. The van der Waals surface area contributed by atoms with Crippen LogP contribution in [0.5, 0.6) is 0 Å². The number of pyridine rings is 1. The Morgan fingerprint density at radius 1 is 0.964 bits per heavy atom. The number of sulfone groups is 1. The molecule has 0 aliphatic carbocycles. The van der Waals surface area contributed by atoms with Crippen LogP contribution in [0.25, 0.3) is 10.9 Å². The van der Waals surface area contributed by atoms with Gasteiger partial charge in [-0.1, -0.05) is 37.3 Å². The Morgan fingerprint density at radius 3 is 2.32 bits per heavy atom. The second-order valence-corrected chi connectivity index (χ2v) is 9.20. The number of fused-ring (bicyclic) bond motifs is 1. The predicted molar refractivity (Wildman–Crippen MR) is 113 cm³/mol. The molecule has 1 aliphatic heterocycles. The number of likely N-dealkylation sites (N-methyl/N-ethyl adjacent to an activating group) is 1. The van der Waals surface area contributed by atoms with Crippen LogP contribution in [0.1, 0.15) is 12.5 Å². The monoisotopic (exact) mass is 395 g/mol. The second kappa shape index (κ2) is 7.53. The number of hydrogen-bond donors (Lipinski definition) is 0. The molecule has 28 heavy (non-hydrogen) atoms. The van der Waals surface area contributed by atoms with Crippen molar-refractivity contribution in [2.75, 3.05) is 38.1 Å². The summed E-state index contributed by atoms with van der Waals surface area (Å²) in [5.74, 6) is 0. The molecular weight excluding hydrogens is 370 g/mol. The van der Waals surface area contributed by atoms with Crippen LogP contribution in [-0.2, 0) is 16.3 Å². The largest absolute Gasteiger partial charge is 0.367 e. The van der Waals surface area contributed by atoms with E-state index in [1.54, 1.807) is 12.1 Å². The fourth-order valence-electron chi connectivity index (χ4n) is 3.69. The molecule has 0 N–H and O–H groups in total. The van der Waals surface area contributed by atoms with E-state index in [9.17, 15) is 8.42 Å². The van der Waals surface area contributed by atoms with Gasteiger partial charge < -0.3 is 9.80 Å². The fraction of sp³-hybridized carbons (Fsp3) is 0.318. The molecule has 0 unspecified atom stereocenters. The lowest BCUT2D eigenvalue weighted by molar-refractivity contribution is 0.312. The average molecular weight is 396 g/mol. The van der Waals surface area contributed by atoms with E-state index < -0.39 is 9.84 Å². The molecule has 4 rings (SSSR count). The first kappa shape index (κ1) is 18.9. The van der Waals surface area contributed by atoms with Crippen molar-refractivity contribution in [3.05, 3.63) is 60.3 Å². The molecule has 2 aromatic carbocycles. The van der Waals surface area contributed by atoms with Crippen molar-refractivity contribution in [3.63, 3.8) is 0 Å². The van der Waals surface area contributed by atoms with Crippen LogP contribution in [0.3, 0.4) is 0 Å². The van der Waals surface area contributed by atoms with Gasteiger partial charge in [-0.05, 0) is 37.2 Å². The van der Waals surface area contributed by atoms with Crippen molar-refractivity contribution < 1.29 is 8.42 Å². The first-order valence-corrected chi connectivity index (χ1v) is 11.1. The van der Waals surface area contributed by atoms with E-state index >= 15 is 0 Å². The van der Waals surface area contributed by atoms with Gasteiger partial charge in [0.25, 0.3) is 0 Å². The molecule has 1 aromatic heterocycles. The molecule has 0 radical (unpaired) electrons. The molecule has 3 aromatic rings. The molecule has 0 atom stereocenters. The third-order valence-electron chi connectivity index (χ3n) is 5.46. The molecule has 0 spiro atoms. The van der Waals surface area contributed by atoms with Crippen molar-refractivity contribution in [3.8, 4) is 0 Å². The molecule has 1 aliphatic rings. The summed E-state index contributed by atoms with van der Waals surface area (Å²) in [5.41, 5.74) is 2.71. The maximum atomic E-state index is 13.5. The predicted octanol–water partition coefficient (Wildman–Crippen LogP) is 3.38. The smallest absolute Gasteiger partial charge is 0.210 e. The summed E-state index contributed by atoms with van der Waals surface area (Å²) in [6.45, 7) is 5.45. The summed E-state index contributed by atoms with van der Waals surface area (Å²) in [6, 6.07) is 15.0. The molecule has 1 saturated heterocycles. The molecule has 1 fully saturated rings. The van der Waals surface area contributed by atoms with Gasteiger partial charge in [0.2, 0.25) is 9.84 Å². The van der Waals surface area contributed by atoms with Crippen LogP contribution in [0.2, 0.25) is 0 Å². The SMILES string of the molecule is CCc1ccc(S(=O)(=O)c2cnc3ccccc3c2N2CCN(C)CC2)cc1. The summed E-state index contributed by atoms with van der Waals surface area (Å²) in [4.78, 5) is 9.52. The Bertz CT molecular complexity index is 1090. The molecule has 2 heterocycles. The molecule has 0 bridgehead atoms. The summed E-state index contributed by atoms with van der Waals surface area (Å²) in [5, 5.41) is 0.887. The molecule has 0 amide bonds. The highest BCUT2D eigenvalue weighted by Gasteiger charge is 2.28. The van der Waals surface area contributed by atoms with Crippen molar-refractivity contribution in [1.29, 1.82) is 0 Å². The minimum atomic E-state index is -3.67. The average Bonchev–Trinajstić information content (AvgIpc) is 2.73. The third-order valence-corrected chi connectivity index (χ3v) is 7.23. The maximum absolute atomic E-state index is 13.5. The van der Waals surface area contributed by atoms with Crippen molar-refractivity contribution in [1.82, 2.24) is 9.88 Å². The Morgan fingerprint density at radius 2 is 1.64 bits per heavy atom. The number of aryl methyl sites for hydroxylation is 1. The summed E-state index contributed by atoms with van der Waals surface area (Å²) in [7, 11) is -1.57. The van der Waals surface area contributed by atoms with Crippen molar-refractivity contribution in [2.24, 2.45) is 0 Å². The number of hydrogen-bond acceptors (Lipinski definition) is 5. The number of benzene rings is 2.